The largest absolute Gasteiger partial charge is 0.376 e. The van der Waals surface area contributed by atoms with Crippen LogP contribution >= 0.6 is 0 Å². The Bertz CT molecular complexity index is 464. The number of nitrogens with one attached hydrogen (secondary N) is 1. The van der Waals surface area contributed by atoms with Crippen LogP contribution < -0.4 is 11.3 Å². The minimum Gasteiger partial charge on any atom is -0.376 e. The van der Waals surface area contributed by atoms with Crippen molar-refractivity contribution >= 4 is 0 Å². The molecule has 1 aromatic carbocycles. The predicted molar refractivity (Wildman–Crippen MR) is 83.5 cm³/mol. The summed E-state index contributed by atoms with van der Waals surface area (Å²) in [5, 5.41) is 0. The highest BCUT2D eigenvalue weighted by Crippen LogP contribution is 2.42. The summed E-state index contributed by atoms with van der Waals surface area (Å²) in [6.07, 6.45) is 5.88. The summed E-state index contributed by atoms with van der Waals surface area (Å²) in [6, 6.07) is 4.58. The fraction of sp³-hybridized carbons (Fsp3) is 0.647. The fourth-order valence-electron chi connectivity index (χ4n) is 3.58. The Morgan fingerprint density at radius 1 is 1.05 bits per heavy atom. The van der Waals surface area contributed by atoms with Gasteiger partial charge in [0, 0.05) is 7.11 Å². The number of hydrazine groups is 1. The van der Waals surface area contributed by atoms with Crippen LogP contribution in [-0.4, -0.2) is 12.7 Å². The van der Waals surface area contributed by atoms with Gasteiger partial charge in [-0.05, 0) is 55.9 Å². The Morgan fingerprint density at radius 2 is 1.65 bits per heavy atom. The molecule has 1 aliphatic carbocycles. The molecule has 0 amide bonds. The maximum atomic E-state index is 5.97. The van der Waals surface area contributed by atoms with Gasteiger partial charge in [0.15, 0.2) is 0 Å². The van der Waals surface area contributed by atoms with Gasteiger partial charge in [-0.1, -0.05) is 31.4 Å². The normalized spacial score (nSPS) is 19.9. The van der Waals surface area contributed by atoms with Crippen molar-refractivity contribution in [1.29, 1.82) is 0 Å². The molecule has 112 valence electrons. The smallest absolute Gasteiger partial charge is 0.0885 e. The zero-order valence-electron chi connectivity index (χ0n) is 13.3. The number of benzene rings is 1. The van der Waals surface area contributed by atoms with Crippen molar-refractivity contribution in [3.05, 3.63) is 34.4 Å². The highest BCUT2D eigenvalue weighted by molar-refractivity contribution is 5.39. The molecule has 0 spiro atoms. The average Bonchev–Trinajstić information content (AvgIpc) is 2.46. The average molecular weight is 276 g/mol. The first-order valence-corrected chi connectivity index (χ1v) is 7.63. The van der Waals surface area contributed by atoms with E-state index >= 15 is 0 Å². The van der Waals surface area contributed by atoms with Crippen molar-refractivity contribution in [2.75, 3.05) is 7.11 Å². The maximum absolute atomic E-state index is 5.97. The third kappa shape index (κ3) is 2.76. The molecule has 0 bridgehead atoms. The zero-order chi connectivity index (χ0) is 14.8. The molecule has 3 heteroatoms. The Labute approximate surface area is 122 Å². The third-order valence-corrected chi connectivity index (χ3v) is 4.99. The topological polar surface area (TPSA) is 47.3 Å². The summed E-state index contributed by atoms with van der Waals surface area (Å²) in [4.78, 5) is 0. The molecule has 1 aliphatic rings. The van der Waals surface area contributed by atoms with Gasteiger partial charge in [-0.3, -0.25) is 11.3 Å². The molecule has 3 N–H and O–H groups in total. The summed E-state index contributed by atoms with van der Waals surface area (Å²) >= 11 is 0. The van der Waals surface area contributed by atoms with Gasteiger partial charge in [-0.25, -0.2) is 0 Å². The van der Waals surface area contributed by atoms with Crippen LogP contribution in [0.15, 0.2) is 12.1 Å². The van der Waals surface area contributed by atoms with E-state index in [1.807, 2.05) is 7.11 Å². The molecule has 20 heavy (non-hydrogen) atoms. The van der Waals surface area contributed by atoms with E-state index in [4.69, 9.17) is 10.6 Å². The highest BCUT2D eigenvalue weighted by Gasteiger charge is 2.41. The van der Waals surface area contributed by atoms with Crippen LogP contribution in [0, 0.1) is 20.8 Å². The molecule has 1 fully saturated rings. The zero-order valence-corrected chi connectivity index (χ0v) is 13.3. The summed E-state index contributed by atoms with van der Waals surface area (Å²) in [7, 11) is 1.83. The summed E-state index contributed by atoms with van der Waals surface area (Å²) < 4.78 is 5.97. The van der Waals surface area contributed by atoms with E-state index in [-0.39, 0.29) is 11.6 Å². The number of ether oxygens (including phenoxy) is 1. The lowest BCUT2D eigenvalue weighted by Gasteiger charge is -2.43. The van der Waals surface area contributed by atoms with E-state index in [0.717, 1.165) is 12.8 Å². The van der Waals surface area contributed by atoms with Crippen molar-refractivity contribution in [2.45, 2.75) is 64.5 Å². The SMILES string of the molecule is COC1(C(NN)c2cc(C)c(C)cc2C)CCCCC1. The molecule has 1 aromatic rings. The van der Waals surface area contributed by atoms with Gasteiger partial charge < -0.3 is 4.74 Å². The maximum Gasteiger partial charge on any atom is 0.0885 e. The molecule has 2 rings (SSSR count). The highest BCUT2D eigenvalue weighted by atomic mass is 16.5. The van der Waals surface area contributed by atoms with Crippen molar-refractivity contribution in [2.24, 2.45) is 5.84 Å². The van der Waals surface area contributed by atoms with Crippen LogP contribution in [0.1, 0.15) is 60.4 Å². The molecule has 1 saturated carbocycles. The lowest BCUT2D eigenvalue weighted by molar-refractivity contribution is -0.0690. The van der Waals surface area contributed by atoms with Gasteiger partial charge >= 0.3 is 0 Å². The number of methoxy groups -OCH3 is 1. The molecular weight excluding hydrogens is 248 g/mol. The van der Waals surface area contributed by atoms with Crippen LogP contribution in [0.5, 0.6) is 0 Å². The van der Waals surface area contributed by atoms with E-state index < -0.39 is 0 Å². The first-order valence-electron chi connectivity index (χ1n) is 7.63. The molecule has 0 radical (unpaired) electrons. The van der Waals surface area contributed by atoms with Crippen molar-refractivity contribution in [3.63, 3.8) is 0 Å². The second kappa shape index (κ2) is 6.25. The minimum absolute atomic E-state index is 0.0621. The first kappa shape index (κ1) is 15.5. The number of hydrogen-bond acceptors (Lipinski definition) is 3. The van der Waals surface area contributed by atoms with E-state index in [1.165, 1.54) is 41.5 Å². The Kier molecular flexibility index (Phi) is 4.84. The number of aryl methyl sites for hydroxylation is 3. The molecule has 0 saturated heterocycles. The van der Waals surface area contributed by atoms with E-state index in [0.29, 0.717) is 0 Å². The predicted octanol–water partition coefficient (Wildman–Crippen LogP) is 3.47. The lowest BCUT2D eigenvalue weighted by Crippen LogP contribution is -2.49. The van der Waals surface area contributed by atoms with Gasteiger partial charge in [-0.2, -0.15) is 0 Å². The first-order chi connectivity index (χ1) is 9.54. The molecule has 1 atom stereocenters. The Morgan fingerprint density at radius 3 is 2.20 bits per heavy atom. The van der Waals surface area contributed by atoms with Crippen LogP contribution in [0.25, 0.3) is 0 Å². The number of nitrogens with two attached hydrogens (primary N) is 1. The van der Waals surface area contributed by atoms with E-state index in [9.17, 15) is 0 Å². The minimum atomic E-state index is -0.167. The quantitative estimate of drug-likeness (QED) is 0.654. The van der Waals surface area contributed by atoms with Gasteiger partial charge in [0.2, 0.25) is 0 Å². The molecular formula is C17H28N2O. The molecule has 3 nitrogen and oxygen atoms in total. The second-order valence-electron chi connectivity index (χ2n) is 6.22. The van der Waals surface area contributed by atoms with Crippen LogP contribution in [0.4, 0.5) is 0 Å². The van der Waals surface area contributed by atoms with Crippen molar-refractivity contribution in [3.8, 4) is 0 Å². The Hall–Kier alpha value is -0.900. The van der Waals surface area contributed by atoms with Gasteiger partial charge in [0.25, 0.3) is 0 Å². The summed E-state index contributed by atoms with van der Waals surface area (Å²) in [5.74, 6) is 5.92. The standard InChI is InChI=1S/C17H28N2O/c1-12-10-14(3)15(11-13(12)2)16(19-18)17(20-4)8-6-5-7-9-17/h10-11,16,19H,5-9,18H2,1-4H3. The fourth-order valence-corrected chi connectivity index (χ4v) is 3.58. The third-order valence-electron chi connectivity index (χ3n) is 4.99. The number of hydrogen-bond donors (Lipinski definition) is 2. The number of rotatable bonds is 4. The molecule has 1 unspecified atom stereocenters. The van der Waals surface area contributed by atoms with Crippen molar-refractivity contribution in [1.82, 2.24) is 5.43 Å². The van der Waals surface area contributed by atoms with Gasteiger partial charge in [0.1, 0.15) is 0 Å². The summed E-state index contributed by atoms with van der Waals surface area (Å²) in [5.41, 5.74) is 8.09. The van der Waals surface area contributed by atoms with E-state index in [2.05, 4.69) is 38.3 Å². The monoisotopic (exact) mass is 276 g/mol. The van der Waals surface area contributed by atoms with Gasteiger partial charge in [0.05, 0.1) is 11.6 Å². The molecule has 0 aliphatic heterocycles. The van der Waals surface area contributed by atoms with E-state index in [1.54, 1.807) is 0 Å². The lowest BCUT2D eigenvalue weighted by atomic mass is 9.75. The van der Waals surface area contributed by atoms with Gasteiger partial charge in [-0.15, -0.1) is 0 Å². The molecule has 0 aromatic heterocycles. The molecule has 0 heterocycles. The van der Waals surface area contributed by atoms with Crippen LogP contribution in [-0.2, 0) is 4.74 Å². The Balaban J connectivity index is 2.43. The second-order valence-corrected chi connectivity index (χ2v) is 6.22. The van der Waals surface area contributed by atoms with Crippen LogP contribution in [0.2, 0.25) is 0 Å². The van der Waals surface area contributed by atoms with Crippen molar-refractivity contribution < 1.29 is 4.74 Å². The summed E-state index contributed by atoms with van der Waals surface area (Å²) in [6.45, 7) is 6.48. The van der Waals surface area contributed by atoms with Crippen LogP contribution in [0.3, 0.4) is 0 Å².